The summed E-state index contributed by atoms with van der Waals surface area (Å²) in [6.45, 7) is 8.43. The number of likely N-dealkylation sites (tertiary alicyclic amines) is 1. The number of piperidine rings is 1. The van der Waals surface area contributed by atoms with Crippen LogP contribution in [0, 0.1) is 0 Å². The molecule has 1 rings (SSSR count). The van der Waals surface area contributed by atoms with Gasteiger partial charge in [-0.2, -0.15) is 0 Å². The van der Waals surface area contributed by atoms with E-state index < -0.39 is 11.5 Å². The Morgan fingerprint density at radius 2 is 2.24 bits per heavy atom. The van der Waals surface area contributed by atoms with E-state index >= 15 is 0 Å². The molecule has 0 bridgehead atoms. The second kappa shape index (κ2) is 6.36. The average Bonchev–Trinajstić information content (AvgIpc) is 2.29. The maximum absolute atomic E-state index is 11.4. The van der Waals surface area contributed by atoms with Gasteiger partial charge in [0.2, 0.25) is 0 Å². The number of hydrogen-bond acceptors (Lipinski definition) is 3. The minimum Gasteiger partial charge on any atom is -0.480 e. The molecule has 4 nitrogen and oxygen atoms in total. The fraction of sp³-hybridized carbons (Fsp3) is 0.923. The molecule has 0 amide bonds. The Hall–Kier alpha value is -0.610. The highest BCUT2D eigenvalue weighted by Crippen LogP contribution is 2.19. The number of hydrogen-bond donors (Lipinski definition) is 2. The van der Waals surface area contributed by atoms with Gasteiger partial charge in [-0.3, -0.25) is 9.69 Å². The van der Waals surface area contributed by atoms with Gasteiger partial charge in [0.15, 0.2) is 0 Å². The molecule has 17 heavy (non-hydrogen) atoms. The molecule has 0 aromatic heterocycles. The van der Waals surface area contributed by atoms with Crippen molar-refractivity contribution < 1.29 is 9.90 Å². The van der Waals surface area contributed by atoms with Crippen LogP contribution in [0.4, 0.5) is 0 Å². The summed E-state index contributed by atoms with van der Waals surface area (Å²) in [4.78, 5) is 13.7. The van der Waals surface area contributed by atoms with Gasteiger partial charge in [0.25, 0.3) is 0 Å². The first-order valence-electron chi connectivity index (χ1n) is 6.72. The highest BCUT2D eigenvalue weighted by Gasteiger charge is 2.36. The number of nitrogens with one attached hydrogen (secondary N) is 1. The first-order valence-corrected chi connectivity index (χ1v) is 6.72. The summed E-state index contributed by atoms with van der Waals surface area (Å²) >= 11 is 0. The molecular formula is C13H26N2O2. The molecule has 2 atom stereocenters. The molecule has 0 aromatic rings. The third kappa shape index (κ3) is 3.96. The zero-order valence-corrected chi connectivity index (χ0v) is 11.3. The fourth-order valence-electron chi connectivity index (χ4n) is 2.40. The van der Waals surface area contributed by atoms with E-state index in [1.807, 2.05) is 0 Å². The smallest absolute Gasteiger partial charge is 0.324 e. The molecule has 1 aliphatic heterocycles. The van der Waals surface area contributed by atoms with Crippen molar-refractivity contribution in [3.63, 3.8) is 0 Å². The number of nitrogens with zero attached hydrogens (tertiary/aromatic N) is 1. The number of carbonyl (C=O) groups is 1. The molecule has 0 aliphatic carbocycles. The van der Waals surface area contributed by atoms with Gasteiger partial charge in [0.05, 0.1) is 0 Å². The normalized spacial score (nSPS) is 25.5. The van der Waals surface area contributed by atoms with Crippen molar-refractivity contribution in [3.05, 3.63) is 0 Å². The predicted octanol–water partition coefficient (Wildman–Crippen LogP) is 1.70. The summed E-state index contributed by atoms with van der Waals surface area (Å²) in [5, 5.41) is 12.6. The van der Waals surface area contributed by atoms with E-state index in [0.29, 0.717) is 12.6 Å². The molecule has 100 valence electrons. The quantitative estimate of drug-likeness (QED) is 0.744. The van der Waals surface area contributed by atoms with Crippen LogP contribution in [0.5, 0.6) is 0 Å². The largest absolute Gasteiger partial charge is 0.480 e. The summed E-state index contributed by atoms with van der Waals surface area (Å²) < 4.78 is 0. The lowest BCUT2D eigenvalue weighted by atomic mass is 9.97. The van der Waals surface area contributed by atoms with E-state index in [2.05, 4.69) is 24.1 Å². The van der Waals surface area contributed by atoms with Crippen LogP contribution in [-0.2, 0) is 4.79 Å². The molecule has 1 heterocycles. The third-order valence-corrected chi connectivity index (χ3v) is 3.70. The van der Waals surface area contributed by atoms with Crippen LogP contribution < -0.4 is 5.32 Å². The van der Waals surface area contributed by atoms with Crippen LogP contribution in [0.3, 0.4) is 0 Å². The summed E-state index contributed by atoms with van der Waals surface area (Å²) in [5.41, 5.74) is -0.818. The van der Waals surface area contributed by atoms with Crippen LogP contribution >= 0.6 is 0 Å². The molecule has 2 unspecified atom stereocenters. The highest BCUT2D eigenvalue weighted by atomic mass is 16.4. The van der Waals surface area contributed by atoms with Gasteiger partial charge in [0, 0.05) is 12.6 Å². The first kappa shape index (κ1) is 14.5. The lowest BCUT2D eigenvalue weighted by Crippen LogP contribution is -2.59. The molecule has 0 saturated carbocycles. The van der Waals surface area contributed by atoms with Gasteiger partial charge in [-0.05, 0) is 46.2 Å². The standard InChI is InChI=1S/C13H26N2O2/c1-4-8-14-13(3,12(16)17)10-15-9-6-5-7-11(15)2/h11,14H,4-10H2,1-3H3,(H,16,17). The van der Waals surface area contributed by atoms with Gasteiger partial charge in [-0.15, -0.1) is 0 Å². The summed E-state index contributed by atoms with van der Waals surface area (Å²) in [7, 11) is 0. The van der Waals surface area contributed by atoms with Crippen LogP contribution in [0.1, 0.15) is 46.5 Å². The minimum atomic E-state index is -0.818. The van der Waals surface area contributed by atoms with Gasteiger partial charge in [-0.25, -0.2) is 0 Å². The molecule has 0 aromatic carbocycles. The second-order valence-electron chi connectivity index (χ2n) is 5.38. The van der Waals surface area contributed by atoms with Crippen molar-refractivity contribution in [2.24, 2.45) is 0 Å². The van der Waals surface area contributed by atoms with Gasteiger partial charge in [0.1, 0.15) is 5.54 Å². The van der Waals surface area contributed by atoms with Crippen molar-refractivity contribution in [1.29, 1.82) is 0 Å². The lowest BCUT2D eigenvalue weighted by Gasteiger charge is -2.39. The Morgan fingerprint density at radius 1 is 1.53 bits per heavy atom. The van der Waals surface area contributed by atoms with E-state index in [9.17, 15) is 9.90 Å². The first-order chi connectivity index (χ1) is 7.99. The highest BCUT2D eigenvalue weighted by molar-refractivity contribution is 5.78. The van der Waals surface area contributed by atoms with Crippen LogP contribution in [-0.4, -0.2) is 47.2 Å². The van der Waals surface area contributed by atoms with Gasteiger partial charge in [-0.1, -0.05) is 13.3 Å². The molecule has 1 saturated heterocycles. The maximum Gasteiger partial charge on any atom is 0.324 e. The maximum atomic E-state index is 11.4. The van der Waals surface area contributed by atoms with E-state index in [1.165, 1.54) is 19.3 Å². The number of carboxylic acids is 1. The Morgan fingerprint density at radius 3 is 2.76 bits per heavy atom. The Kier molecular flexibility index (Phi) is 5.40. The molecule has 0 radical (unpaired) electrons. The average molecular weight is 242 g/mol. The molecule has 2 N–H and O–H groups in total. The molecule has 4 heteroatoms. The lowest BCUT2D eigenvalue weighted by molar-refractivity contribution is -0.145. The number of carboxylic acid groups (broad SMARTS) is 1. The molecule has 0 spiro atoms. The zero-order chi connectivity index (χ0) is 12.9. The van der Waals surface area contributed by atoms with Gasteiger partial charge < -0.3 is 10.4 Å². The third-order valence-electron chi connectivity index (χ3n) is 3.70. The summed E-state index contributed by atoms with van der Waals surface area (Å²) in [6, 6.07) is 0.505. The monoisotopic (exact) mass is 242 g/mol. The topological polar surface area (TPSA) is 52.6 Å². The molecule has 1 aliphatic rings. The van der Waals surface area contributed by atoms with Crippen LogP contribution in [0.2, 0.25) is 0 Å². The number of rotatable bonds is 6. The fourth-order valence-corrected chi connectivity index (χ4v) is 2.40. The van der Waals surface area contributed by atoms with Crippen LogP contribution in [0.25, 0.3) is 0 Å². The van der Waals surface area contributed by atoms with Crippen molar-refractivity contribution in [1.82, 2.24) is 10.2 Å². The molecule has 1 fully saturated rings. The van der Waals surface area contributed by atoms with E-state index in [-0.39, 0.29) is 0 Å². The van der Waals surface area contributed by atoms with Crippen molar-refractivity contribution in [2.75, 3.05) is 19.6 Å². The Bertz CT molecular complexity index is 258. The Balaban J connectivity index is 2.61. The summed E-state index contributed by atoms with van der Waals surface area (Å²) in [5.74, 6) is -0.747. The van der Waals surface area contributed by atoms with E-state index in [1.54, 1.807) is 6.92 Å². The van der Waals surface area contributed by atoms with Crippen molar-refractivity contribution >= 4 is 5.97 Å². The second-order valence-corrected chi connectivity index (χ2v) is 5.38. The SMILES string of the molecule is CCCNC(C)(CN1CCCCC1C)C(=O)O. The summed E-state index contributed by atoms with van der Waals surface area (Å²) in [6.07, 6.45) is 4.60. The minimum absolute atomic E-state index is 0.505. The predicted molar refractivity (Wildman–Crippen MR) is 69.2 cm³/mol. The number of aliphatic carboxylic acids is 1. The van der Waals surface area contributed by atoms with E-state index in [4.69, 9.17) is 0 Å². The van der Waals surface area contributed by atoms with Crippen LogP contribution in [0.15, 0.2) is 0 Å². The van der Waals surface area contributed by atoms with Crippen molar-refractivity contribution in [3.8, 4) is 0 Å². The van der Waals surface area contributed by atoms with E-state index in [0.717, 1.165) is 19.5 Å². The van der Waals surface area contributed by atoms with Crippen molar-refractivity contribution in [2.45, 2.75) is 58.0 Å². The zero-order valence-electron chi connectivity index (χ0n) is 11.3. The molecular weight excluding hydrogens is 216 g/mol. The Labute approximate surface area is 104 Å². The van der Waals surface area contributed by atoms with Gasteiger partial charge >= 0.3 is 5.97 Å².